The molecule has 0 fully saturated rings. The van der Waals surface area contributed by atoms with Crippen LogP contribution < -0.4 is 4.90 Å². The molecule has 1 aliphatic rings. The summed E-state index contributed by atoms with van der Waals surface area (Å²) in [4.78, 5) is 20.7. The molecule has 1 aliphatic heterocycles. The van der Waals surface area contributed by atoms with Gasteiger partial charge >= 0.3 is 0 Å². The van der Waals surface area contributed by atoms with Crippen LogP contribution in [0.3, 0.4) is 0 Å². The van der Waals surface area contributed by atoms with Gasteiger partial charge in [0.2, 0.25) is 5.91 Å². The van der Waals surface area contributed by atoms with Crippen molar-refractivity contribution in [1.82, 2.24) is 9.38 Å². The molecule has 0 saturated carbocycles. The molecule has 0 radical (unpaired) electrons. The maximum absolute atomic E-state index is 13.6. The molecule has 4 nitrogen and oxygen atoms in total. The number of carbonyl (C=O) groups is 1. The molecule has 0 spiro atoms. The number of imidazole rings is 1. The molecular formula is C23H20FN3OS. The van der Waals surface area contributed by atoms with Gasteiger partial charge in [-0.2, -0.15) is 0 Å². The Bertz CT molecular complexity index is 1200. The Morgan fingerprint density at radius 1 is 1.24 bits per heavy atom. The Labute approximate surface area is 172 Å². The molecule has 2 aromatic heterocycles. The molecule has 3 heterocycles. The Morgan fingerprint density at radius 2 is 2.07 bits per heavy atom. The molecule has 5 rings (SSSR count). The molecule has 0 saturated heterocycles. The summed E-state index contributed by atoms with van der Waals surface area (Å²) in [6.07, 6.45) is 3.91. The molecule has 2 aromatic carbocycles. The number of hydrogen-bond acceptors (Lipinski definition) is 3. The summed E-state index contributed by atoms with van der Waals surface area (Å²) in [7, 11) is 0. The highest BCUT2D eigenvalue weighted by Gasteiger charge is 2.29. The summed E-state index contributed by atoms with van der Waals surface area (Å²) in [5.41, 5.74) is 4.61. The SMILES string of the molecule is C[C@@H]1CCc2cc(F)ccc2N1C(=O)Cc1csc2nc(-c3ccccc3)cn12. The third-order valence-electron chi connectivity index (χ3n) is 5.53. The second-order valence-electron chi connectivity index (χ2n) is 7.47. The van der Waals surface area contributed by atoms with Gasteiger partial charge in [-0.15, -0.1) is 11.3 Å². The van der Waals surface area contributed by atoms with Crippen LogP contribution in [0.2, 0.25) is 0 Å². The minimum absolute atomic E-state index is 0.0275. The largest absolute Gasteiger partial charge is 0.309 e. The van der Waals surface area contributed by atoms with Crippen LogP contribution in [-0.2, 0) is 17.6 Å². The number of nitrogens with zero attached hydrogens (tertiary/aromatic N) is 3. The first-order chi connectivity index (χ1) is 14.1. The van der Waals surface area contributed by atoms with E-state index in [1.807, 2.05) is 51.2 Å². The number of hydrogen-bond donors (Lipinski definition) is 0. The lowest BCUT2D eigenvalue weighted by Crippen LogP contribution is -2.43. The molecule has 4 aromatic rings. The summed E-state index contributed by atoms with van der Waals surface area (Å²) in [6.45, 7) is 2.05. The first-order valence-electron chi connectivity index (χ1n) is 9.71. The number of aromatic nitrogens is 2. The van der Waals surface area contributed by atoms with Crippen molar-refractivity contribution >= 4 is 27.9 Å². The summed E-state index contributed by atoms with van der Waals surface area (Å²) in [5.74, 6) is -0.225. The van der Waals surface area contributed by atoms with E-state index in [0.29, 0.717) is 0 Å². The standard InChI is InChI=1S/C23H20FN3OS/c1-15-7-8-17-11-18(24)9-10-21(17)27(15)22(28)12-19-14-29-23-25-20(13-26(19)23)16-5-3-2-4-6-16/h2-6,9-11,13-15H,7-8,12H2,1H3/t15-/m1/s1. The van der Waals surface area contributed by atoms with E-state index in [4.69, 9.17) is 4.98 Å². The third kappa shape index (κ3) is 3.23. The molecular weight excluding hydrogens is 385 g/mol. The lowest BCUT2D eigenvalue weighted by atomic mass is 9.96. The van der Waals surface area contributed by atoms with Gasteiger partial charge in [-0.05, 0) is 43.5 Å². The van der Waals surface area contributed by atoms with Crippen LogP contribution in [0.5, 0.6) is 0 Å². The Balaban J connectivity index is 1.45. The number of halogens is 1. The van der Waals surface area contributed by atoms with Gasteiger partial charge in [0.05, 0.1) is 12.1 Å². The second-order valence-corrected chi connectivity index (χ2v) is 8.31. The predicted molar refractivity (Wildman–Crippen MR) is 114 cm³/mol. The monoisotopic (exact) mass is 405 g/mol. The van der Waals surface area contributed by atoms with E-state index in [0.717, 1.165) is 46.0 Å². The van der Waals surface area contributed by atoms with Crippen LogP contribution in [0.25, 0.3) is 16.2 Å². The zero-order chi connectivity index (χ0) is 20.0. The van der Waals surface area contributed by atoms with Gasteiger partial charge in [0, 0.05) is 34.6 Å². The number of rotatable bonds is 3. The van der Waals surface area contributed by atoms with Crippen LogP contribution in [0, 0.1) is 5.82 Å². The molecule has 0 N–H and O–H groups in total. The summed E-state index contributed by atoms with van der Waals surface area (Å²) < 4.78 is 15.6. The quantitative estimate of drug-likeness (QED) is 0.475. The van der Waals surface area contributed by atoms with Crippen LogP contribution in [-0.4, -0.2) is 21.3 Å². The number of benzene rings is 2. The van der Waals surface area contributed by atoms with Gasteiger partial charge in [-0.25, -0.2) is 9.37 Å². The van der Waals surface area contributed by atoms with Crippen molar-refractivity contribution in [3.8, 4) is 11.3 Å². The van der Waals surface area contributed by atoms with E-state index in [1.54, 1.807) is 12.1 Å². The third-order valence-corrected chi connectivity index (χ3v) is 6.42. The van der Waals surface area contributed by atoms with Crippen LogP contribution in [0.1, 0.15) is 24.6 Å². The minimum atomic E-state index is -0.253. The number of amides is 1. The fraction of sp³-hybridized carbons (Fsp3) is 0.217. The molecule has 146 valence electrons. The molecule has 0 aliphatic carbocycles. The number of carbonyl (C=O) groups excluding carboxylic acids is 1. The van der Waals surface area contributed by atoms with Crippen molar-refractivity contribution in [2.75, 3.05) is 4.90 Å². The number of anilines is 1. The van der Waals surface area contributed by atoms with E-state index < -0.39 is 0 Å². The average Bonchev–Trinajstić information content (AvgIpc) is 3.30. The van der Waals surface area contributed by atoms with E-state index in [-0.39, 0.29) is 24.2 Å². The first-order valence-corrected chi connectivity index (χ1v) is 10.6. The minimum Gasteiger partial charge on any atom is -0.309 e. The lowest BCUT2D eigenvalue weighted by Gasteiger charge is -2.35. The smallest absolute Gasteiger partial charge is 0.233 e. The topological polar surface area (TPSA) is 37.6 Å². The molecule has 1 amide bonds. The van der Waals surface area contributed by atoms with E-state index in [9.17, 15) is 9.18 Å². The second kappa shape index (κ2) is 7.12. The fourth-order valence-corrected chi connectivity index (χ4v) is 4.92. The predicted octanol–water partition coefficient (Wildman–Crippen LogP) is 5.11. The van der Waals surface area contributed by atoms with Crippen LogP contribution in [0.15, 0.2) is 60.1 Å². The van der Waals surface area contributed by atoms with Crippen LogP contribution >= 0.6 is 11.3 Å². The zero-order valence-corrected chi connectivity index (χ0v) is 16.8. The highest BCUT2D eigenvalue weighted by Crippen LogP contribution is 2.32. The van der Waals surface area contributed by atoms with Crippen molar-refractivity contribution in [3.05, 3.63) is 77.2 Å². The van der Waals surface area contributed by atoms with Gasteiger partial charge in [0.15, 0.2) is 4.96 Å². The van der Waals surface area contributed by atoms with Crippen molar-refractivity contribution < 1.29 is 9.18 Å². The summed E-state index contributed by atoms with van der Waals surface area (Å²) in [5, 5.41) is 2.00. The van der Waals surface area contributed by atoms with Crippen molar-refractivity contribution in [2.24, 2.45) is 0 Å². The van der Waals surface area contributed by atoms with E-state index >= 15 is 0 Å². The van der Waals surface area contributed by atoms with Gasteiger partial charge in [0.25, 0.3) is 0 Å². The molecule has 0 bridgehead atoms. The zero-order valence-electron chi connectivity index (χ0n) is 16.0. The van der Waals surface area contributed by atoms with Crippen molar-refractivity contribution in [2.45, 2.75) is 32.2 Å². The Morgan fingerprint density at radius 3 is 2.90 bits per heavy atom. The van der Waals surface area contributed by atoms with Gasteiger partial charge in [-0.1, -0.05) is 30.3 Å². The first kappa shape index (κ1) is 18.1. The van der Waals surface area contributed by atoms with Crippen molar-refractivity contribution in [1.29, 1.82) is 0 Å². The Hall–Kier alpha value is -2.99. The fourth-order valence-electron chi connectivity index (χ4n) is 4.05. The Kier molecular flexibility index (Phi) is 4.43. The number of thiazole rings is 1. The molecule has 0 unspecified atom stereocenters. The van der Waals surface area contributed by atoms with Crippen molar-refractivity contribution in [3.63, 3.8) is 0 Å². The van der Waals surface area contributed by atoms with Gasteiger partial charge in [-0.3, -0.25) is 9.20 Å². The molecule has 6 heteroatoms. The highest BCUT2D eigenvalue weighted by molar-refractivity contribution is 7.15. The summed E-state index contributed by atoms with van der Waals surface area (Å²) in [6, 6.07) is 14.8. The maximum atomic E-state index is 13.6. The normalized spacial score (nSPS) is 16.2. The maximum Gasteiger partial charge on any atom is 0.233 e. The van der Waals surface area contributed by atoms with Crippen LogP contribution in [0.4, 0.5) is 10.1 Å². The van der Waals surface area contributed by atoms with Gasteiger partial charge in [0.1, 0.15) is 5.82 Å². The van der Waals surface area contributed by atoms with Gasteiger partial charge < -0.3 is 4.90 Å². The van der Waals surface area contributed by atoms with E-state index in [1.165, 1.54) is 17.4 Å². The lowest BCUT2D eigenvalue weighted by molar-refractivity contribution is -0.118. The van der Waals surface area contributed by atoms with E-state index in [2.05, 4.69) is 6.92 Å². The highest BCUT2D eigenvalue weighted by atomic mass is 32.1. The number of aryl methyl sites for hydroxylation is 1. The summed E-state index contributed by atoms with van der Waals surface area (Å²) >= 11 is 1.54. The number of fused-ring (bicyclic) bond motifs is 2. The average molecular weight is 405 g/mol. The molecule has 1 atom stereocenters. The molecule has 29 heavy (non-hydrogen) atoms.